The fraction of sp³-hybridized carbons (Fsp3) is 0.571. The summed E-state index contributed by atoms with van der Waals surface area (Å²) in [6.45, 7) is 8.37. The van der Waals surface area contributed by atoms with Crippen LogP contribution in [0, 0.1) is 0 Å². The first-order valence-electron chi connectivity index (χ1n) is 6.51. The van der Waals surface area contributed by atoms with Crippen molar-refractivity contribution in [3.8, 4) is 5.75 Å². The minimum absolute atomic E-state index is 0.569. The first-order chi connectivity index (χ1) is 8.29. The van der Waals surface area contributed by atoms with E-state index >= 15 is 0 Å². The van der Waals surface area contributed by atoms with Gasteiger partial charge in [-0.15, -0.1) is 0 Å². The van der Waals surface area contributed by atoms with Crippen molar-refractivity contribution in [3.63, 3.8) is 0 Å². The van der Waals surface area contributed by atoms with E-state index in [-0.39, 0.29) is 0 Å². The third-order valence-corrected chi connectivity index (χ3v) is 3.04. The molecule has 1 N–H and O–H groups in total. The van der Waals surface area contributed by atoms with E-state index in [2.05, 4.69) is 48.3 Å². The summed E-state index contributed by atoms with van der Waals surface area (Å²) in [6.07, 6.45) is 1.05. The molecule has 94 valence electrons. The third-order valence-electron chi connectivity index (χ3n) is 3.04. The molecule has 1 unspecified atom stereocenters. The fourth-order valence-corrected chi connectivity index (χ4v) is 2.14. The van der Waals surface area contributed by atoms with Gasteiger partial charge in [0.1, 0.15) is 5.75 Å². The maximum absolute atomic E-state index is 5.59. The van der Waals surface area contributed by atoms with Crippen molar-refractivity contribution in [2.75, 3.05) is 31.1 Å². The van der Waals surface area contributed by atoms with Gasteiger partial charge in [0.2, 0.25) is 0 Å². The van der Waals surface area contributed by atoms with Gasteiger partial charge in [-0.25, -0.2) is 0 Å². The largest absolute Gasteiger partial charge is 0.494 e. The molecule has 0 spiro atoms. The van der Waals surface area contributed by atoms with Gasteiger partial charge in [0, 0.05) is 31.4 Å². The molecule has 0 amide bonds. The molecular weight excluding hydrogens is 212 g/mol. The van der Waals surface area contributed by atoms with Crippen LogP contribution in [0.1, 0.15) is 20.3 Å². The Bertz CT molecular complexity index is 337. The molecule has 0 aliphatic carbocycles. The summed E-state index contributed by atoms with van der Waals surface area (Å²) >= 11 is 0. The van der Waals surface area contributed by atoms with Crippen molar-refractivity contribution in [1.29, 1.82) is 0 Å². The monoisotopic (exact) mass is 234 g/mol. The molecule has 1 saturated heterocycles. The Hall–Kier alpha value is -1.22. The lowest BCUT2D eigenvalue weighted by Gasteiger charge is -2.33. The quantitative estimate of drug-likeness (QED) is 0.865. The van der Waals surface area contributed by atoms with Crippen LogP contribution in [-0.4, -0.2) is 32.3 Å². The number of hydrogen-bond donors (Lipinski definition) is 1. The summed E-state index contributed by atoms with van der Waals surface area (Å²) in [6, 6.07) is 9.02. The van der Waals surface area contributed by atoms with E-state index in [0.29, 0.717) is 6.04 Å². The highest BCUT2D eigenvalue weighted by atomic mass is 16.5. The van der Waals surface area contributed by atoms with E-state index < -0.39 is 0 Å². The molecule has 1 atom stereocenters. The zero-order chi connectivity index (χ0) is 12.1. The lowest BCUT2D eigenvalue weighted by molar-refractivity contribution is 0.317. The summed E-state index contributed by atoms with van der Waals surface area (Å²) in [5, 5.41) is 3.45. The maximum atomic E-state index is 5.59. The van der Waals surface area contributed by atoms with Crippen LogP contribution in [0.4, 0.5) is 5.69 Å². The number of piperazine rings is 1. The molecule has 1 aromatic carbocycles. The molecule has 1 aliphatic rings. The SMILES string of the molecule is CCCOc1ccc(N2CCNC(C)C2)cc1. The van der Waals surface area contributed by atoms with Crippen LogP contribution in [0.2, 0.25) is 0 Å². The van der Waals surface area contributed by atoms with Crippen molar-refractivity contribution in [1.82, 2.24) is 5.32 Å². The van der Waals surface area contributed by atoms with Crippen molar-refractivity contribution >= 4 is 5.69 Å². The molecule has 1 aromatic rings. The van der Waals surface area contributed by atoms with Crippen LogP contribution in [-0.2, 0) is 0 Å². The molecule has 2 rings (SSSR count). The summed E-state index contributed by atoms with van der Waals surface area (Å²) < 4.78 is 5.59. The van der Waals surface area contributed by atoms with E-state index in [4.69, 9.17) is 4.74 Å². The molecule has 1 fully saturated rings. The predicted molar refractivity (Wildman–Crippen MR) is 71.9 cm³/mol. The zero-order valence-corrected chi connectivity index (χ0v) is 10.8. The van der Waals surface area contributed by atoms with Crippen LogP contribution in [0.15, 0.2) is 24.3 Å². The summed E-state index contributed by atoms with van der Waals surface area (Å²) in [5.41, 5.74) is 1.29. The zero-order valence-electron chi connectivity index (χ0n) is 10.8. The average molecular weight is 234 g/mol. The van der Waals surface area contributed by atoms with Crippen molar-refractivity contribution in [2.45, 2.75) is 26.3 Å². The van der Waals surface area contributed by atoms with Gasteiger partial charge < -0.3 is 15.0 Å². The standard InChI is InChI=1S/C14H22N2O/c1-3-10-17-14-6-4-13(5-7-14)16-9-8-15-12(2)11-16/h4-7,12,15H,3,8-11H2,1-2H3. The molecular formula is C14H22N2O. The van der Waals surface area contributed by atoms with Gasteiger partial charge >= 0.3 is 0 Å². The van der Waals surface area contributed by atoms with Crippen LogP contribution in [0.5, 0.6) is 5.75 Å². The summed E-state index contributed by atoms with van der Waals surface area (Å²) in [4.78, 5) is 2.42. The molecule has 1 aliphatic heterocycles. The van der Waals surface area contributed by atoms with Crippen molar-refractivity contribution < 1.29 is 4.74 Å². The van der Waals surface area contributed by atoms with Gasteiger partial charge in [-0.2, -0.15) is 0 Å². The minimum Gasteiger partial charge on any atom is -0.494 e. The molecule has 1 heterocycles. The number of nitrogens with zero attached hydrogens (tertiary/aromatic N) is 1. The Morgan fingerprint density at radius 1 is 1.35 bits per heavy atom. The summed E-state index contributed by atoms with van der Waals surface area (Å²) in [7, 11) is 0. The molecule has 17 heavy (non-hydrogen) atoms. The van der Waals surface area contributed by atoms with Crippen molar-refractivity contribution in [2.24, 2.45) is 0 Å². The van der Waals surface area contributed by atoms with Crippen LogP contribution in [0.25, 0.3) is 0 Å². The smallest absolute Gasteiger partial charge is 0.119 e. The average Bonchev–Trinajstić information content (AvgIpc) is 2.37. The van der Waals surface area contributed by atoms with Gasteiger partial charge in [-0.3, -0.25) is 0 Å². The van der Waals surface area contributed by atoms with Crippen LogP contribution in [0.3, 0.4) is 0 Å². The van der Waals surface area contributed by atoms with Crippen LogP contribution >= 0.6 is 0 Å². The molecule has 0 saturated carbocycles. The molecule has 3 heteroatoms. The Kier molecular flexibility index (Phi) is 4.26. The predicted octanol–water partition coefficient (Wildman–Crippen LogP) is 2.27. The number of hydrogen-bond acceptors (Lipinski definition) is 3. The lowest BCUT2D eigenvalue weighted by atomic mass is 10.2. The highest BCUT2D eigenvalue weighted by molar-refractivity contribution is 5.49. The van der Waals surface area contributed by atoms with Gasteiger partial charge in [-0.05, 0) is 37.6 Å². The Morgan fingerprint density at radius 3 is 2.76 bits per heavy atom. The topological polar surface area (TPSA) is 24.5 Å². The Balaban J connectivity index is 1.96. The molecule has 3 nitrogen and oxygen atoms in total. The van der Waals surface area contributed by atoms with E-state index in [9.17, 15) is 0 Å². The second-order valence-corrected chi connectivity index (χ2v) is 4.64. The van der Waals surface area contributed by atoms with Crippen molar-refractivity contribution in [3.05, 3.63) is 24.3 Å². The highest BCUT2D eigenvalue weighted by Crippen LogP contribution is 2.20. The first kappa shape index (κ1) is 12.2. The van der Waals surface area contributed by atoms with E-state index in [0.717, 1.165) is 38.4 Å². The number of anilines is 1. The Labute approximate surface area is 104 Å². The van der Waals surface area contributed by atoms with Gasteiger partial charge in [0.05, 0.1) is 6.61 Å². The lowest BCUT2D eigenvalue weighted by Crippen LogP contribution is -2.49. The highest BCUT2D eigenvalue weighted by Gasteiger charge is 2.15. The number of nitrogens with one attached hydrogen (secondary N) is 1. The normalized spacial score (nSPS) is 20.4. The van der Waals surface area contributed by atoms with Crippen LogP contribution < -0.4 is 15.0 Å². The van der Waals surface area contributed by atoms with Gasteiger partial charge in [0.25, 0.3) is 0 Å². The van der Waals surface area contributed by atoms with Gasteiger partial charge in [-0.1, -0.05) is 6.92 Å². The molecule has 0 bridgehead atoms. The minimum atomic E-state index is 0.569. The number of ether oxygens (including phenoxy) is 1. The fourth-order valence-electron chi connectivity index (χ4n) is 2.14. The summed E-state index contributed by atoms with van der Waals surface area (Å²) in [5.74, 6) is 0.971. The number of benzene rings is 1. The first-order valence-corrected chi connectivity index (χ1v) is 6.51. The van der Waals surface area contributed by atoms with Gasteiger partial charge in [0.15, 0.2) is 0 Å². The van der Waals surface area contributed by atoms with E-state index in [1.54, 1.807) is 0 Å². The molecule has 0 aromatic heterocycles. The van der Waals surface area contributed by atoms with E-state index in [1.807, 2.05) is 0 Å². The number of rotatable bonds is 4. The third kappa shape index (κ3) is 3.37. The maximum Gasteiger partial charge on any atom is 0.119 e. The van der Waals surface area contributed by atoms with E-state index in [1.165, 1.54) is 5.69 Å². The second-order valence-electron chi connectivity index (χ2n) is 4.64. The Morgan fingerprint density at radius 2 is 2.12 bits per heavy atom. The molecule has 0 radical (unpaired) electrons. The second kappa shape index (κ2) is 5.92.